The average molecular weight is 465 g/mol. The molecule has 3 aromatic heterocycles. The van der Waals surface area contributed by atoms with E-state index < -0.39 is 6.04 Å². The molecule has 1 aliphatic carbocycles. The molecule has 0 aliphatic heterocycles. The predicted octanol–water partition coefficient (Wildman–Crippen LogP) is 4.28. The van der Waals surface area contributed by atoms with Gasteiger partial charge in [-0.25, -0.2) is 4.98 Å². The summed E-state index contributed by atoms with van der Waals surface area (Å²) in [6.45, 7) is 6.25. The van der Waals surface area contributed by atoms with Gasteiger partial charge >= 0.3 is 0 Å². The summed E-state index contributed by atoms with van der Waals surface area (Å²) in [5, 5.41) is 14.1. The Balaban J connectivity index is 1.52. The Labute approximate surface area is 199 Å². The molecule has 1 fully saturated rings. The summed E-state index contributed by atoms with van der Waals surface area (Å²) in [7, 11) is 0. The van der Waals surface area contributed by atoms with Crippen molar-refractivity contribution in [2.45, 2.75) is 71.9 Å². The summed E-state index contributed by atoms with van der Waals surface area (Å²) in [6.07, 6.45) is 9.54. The normalized spacial score (nSPS) is 15.5. The highest BCUT2D eigenvalue weighted by atomic mass is 16.5. The number of aryl methyl sites for hydroxylation is 3. The maximum Gasteiger partial charge on any atom is 0.270 e. The van der Waals surface area contributed by atoms with Crippen molar-refractivity contribution in [2.24, 2.45) is 5.92 Å². The Kier molecular flexibility index (Phi) is 7.40. The van der Waals surface area contributed by atoms with E-state index in [9.17, 15) is 9.59 Å². The molecule has 2 N–H and O–H groups in total. The van der Waals surface area contributed by atoms with Crippen LogP contribution in [0.2, 0.25) is 0 Å². The van der Waals surface area contributed by atoms with Crippen molar-refractivity contribution >= 4 is 17.6 Å². The Morgan fingerprint density at radius 3 is 2.53 bits per heavy atom. The van der Waals surface area contributed by atoms with E-state index in [4.69, 9.17) is 4.52 Å². The van der Waals surface area contributed by atoms with Crippen LogP contribution >= 0.6 is 0 Å². The minimum atomic E-state index is -0.644. The zero-order valence-corrected chi connectivity index (χ0v) is 20.0. The quantitative estimate of drug-likeness (QED) is 0.505. The second kappa shape index (κ2) is 10.6. The lowest BCUT2D eigenvalue weighted by atomic mass is 9.91. The molecule has 2 amide bonds. The fourth-order valence-electron chi connectivity index (χ4n) is 4.75. The van der Waals surface area contributed by atoms with E-state index in [1.54, 1.807) is 29.2 Å². The molecule has 3 aromatic rings. The maximum absolute atomic E-state index is 13.4. The smallest absolute Gasteiger partial charge is 0.270 e. The molecule has 1 aliphatic rings. The molecule has 0 bridgehead atoms. The Morgan fingerprint density at radius 2 is 1.91 bits per heavy atom. The Bertz CT molecular complexity index is 1110. The van der Waals surface area contributed by atoms with Gasteiger partial charge in [0.1, 0.15) is 23.3 Å². The molecular formula is C25H32N6O3. The van der Waals surface area contributed by atoms with E-state index in [0.717, 1.165) is 61.1 Å². The lowest BCUT2D eigenvalue weighted by Crippen LogP contribution is -2.49. The zero-order chi connectivity index (χ0) is 24.1. The van der Waals surface area contributed by atoms with Gasteiger partial charge in [-0.05, 0) is 57.7 Å². The SMILES string of the molecule is CCn1nccc1C(=O)NC(C(=O)Nc1ccc(-c2c(C)noc2C)cn1)C1CCCCCC1. The van der Waals surface area contributed by atoms with E-state index in [2.05, 4.69) is 25.9 Å². The van der Waals surface area contributed by atoms with Crippen molar-refractivity contribution < 1.29 is 14.1 Å². The van der Waals surface area contributed by atoms with Crippen LogP contribution in [0.1, 0.15) is 67.4 Å². The van der Waals surface area contributed by atoms with Gasteiger partial charge in [-0.1, -0.05) is 30.8 Å². The number of anilines is 1. The summed E-state index contributed by atoms with van der Waals surface area (Å²) in [5.74, 6) is 0.697. The number of hydrogen-bond acceptors (Lipinski definition) is 6. The number of nitrogens with zero attached hydrogens (tertiary/aromatic N) is 4. The van der Waals surface area contributed by atoms with Crippen molar-refractivity contribution in [1.29, 1.82) is 0 Å². The number of nitrogens with one attached hydrogen (secondary N) is 2. The summed E-state index contributed by atoms with van der Waals surface area (Å²) in [5.41, 5.74) is 3.02. The molecule has 1 saturated carbocycles. The second-order valence-electron chi connectivity index (χ2n) is 8.86. The highest BCUT2D eigenvalue weighted by Crippen LogP contribution is 2.28. The number of carbonyl (C=O) groups excluding carboxylic acids is 2. The number of aromatic nitrogens is 4. The Hall–Kier alpha value is -3.49. The first-order valence-corrected chi connectivity index (χ1v) is 12.0. The molecule has 0 spiro atoms. The fraction of sp³-hybridized carbons (Fsp3) is 0.480. The highest BCUT2D eigenvalue weighted by molar-refractivity contribution is 6.00. The van der Waals surface area contributed by atoms with Gasteiger partial charge in [0.25, 0.3) is 5.91 Å². The van der Waals surface area contributed by atoms with Gasteiger partial charge in [-0.2, -0.15) is 5.10 Å². The summed E-state index contributed by atoms with van der Waals surface area (Å²) >= 11 is 0. The van der Waals surface area contributed by atoms with Gasteiger partial charge in [0, 0.05) is 30.1 Å². The lowest BCUT2D eigenvalue weighted by molar-refractivity contribution is -0.119. The van der Waals surface area contributed by atoms with Gasteiger partial charge < -0.3 is 15.2 Å². The third kappa shape index (κ3) is 5.18. The number of carbonyl (C=O) groups is 2. The summed E-state index contributed by atoms with van der Waals surface area (Å²) in [4.78, 5) is 30.9. The van der Waals surface area contributed by atoms with Crippen LogP contribution in [0.4, 0.5) is 5.82 Å². The van der Waals surface area contributed by atoms with Crippen LogP contribution in [0.5, 0.6) is 0 Å². The van der Waals surface area contributed by atoms with Crippen LogP contribution in [-0.2, 0) is 11.3 Å². The van der Waals surface area contributed by atoms with Crippen molar-refractivity contribution in [3.8, 4) is 11.1 Å². The molecule has 3 heterocycles. The first-order valence-electron chi connectivity index (χ1n) is 12.0. The fourth-order valence-corrected chi connectivity index (χ4v) is 4.75. The minimum absolute atomic E-state index is 0.0750. The first kappa shape index (κ1) is 23.7. The van der Waals surface area contributed by atoms with E-state index in [1.165, 1.54) is 0 Å². The third-order valence-corrected chi connectivity index (χ3v) is 6.53. The highest BCUT2D eigenvalue weighted by Gasteiger charge is 2.31. The molecule has 1 unspecified atom stereocenters. The molecule has 9 heteroatoms. The molecule has 0 aromatic carbocycles. The van der Waals surface area contributed by atoms with Crippen LogP contribution in [-0.4, -0.2) is 37.8 Å². The molecule has 0 saturated heterocycles. The van der Waals surface area contributed by atoms with Gasteiger partial charge in [-0.15, -0.1) is 0 Å². The maximum atomic E-state index is 13.4. The van der Waals surface area contributed by atoms with Crippen molar-refractivity contribution in [2.75, 3.05) is 5.32 Å². The molecule has 0 radical (unpaired) electrons. The molecular weight excluding hydrogens is 432 g/mol. The van der Waals surface area contributed by atoms with E-state index >= 15 is 0 Å². The second-order valence-corrected chi connectivity index (χ2v) is 8.86. The number of rotatable bonds is 7. The third-order valence-electron chi connectivity index (χ3n) is 6.53. The van der Waals surface area contributed by atoms with E-state index in [0.29, 0.717) is 18.1 Å². The largest absolute Gasteiger partial charge is 0.361 e. The van der Waals surface area contributed by atoms with Crippen LogP contribution < -0.4 is 10.6 Å². The summed E-state index contributed by atoms with van der Waals surface area (Å²) in [6, 6.07) is 4.68. The molecule has 180 valence electrons. The van der Waals surface area contributed by atoms with Crippen molar-refractivity contribution in [3.63, 3.8) is 0 Å². The zero-order valence-electron chi connectivity index (χ0n) is 20.0. The van der Waals surface area contributed by atoms with Crippen molar-refractivity contribution in [3.05, 3.63) is 47.7 Å². The van der Waals surface area contributed by atoms with Gasteiger partial charge in [0.05, 0.1) is 5.69 Å². The van der Waals surface area contributed by atoms with Crippen molar-refractivity contribution in [1.82, 2.24) is 25.2 Å². The standard InChI is InChI=1S/C25H32N6O3/c1-4-31-20(13-14-27-31)24(32)29-23(18-9-7-5-6-8-10-18)25(33)28-21-12-11-19(15-26-21)22-16(2)30-34-17(22)3/h11-15,18,23H,4-10H2,1-3H3,(H,29,32)(H,26,28,33). The minimum Gasteiger partial charge on any atom is -0.361 e. The monoisotopic (exact) mass is 464 g/mol. The number of amides is 2. The molecule has 4 rings (SSSR count). The number of hydrogen-bond donors (Lipinski definition) is 2. The lowest BCUT2D eigenvalue weighted by Gasteiger charge is -2.26. The van der Waals surface area contributed by atoms with E-state index in [-0.39, 0.29) is 17.7 Å². The first-order chi connectivity index (χ1) is 16.5. The van der Waals surface area contributed by atoms with Crippen LogP contribution in [0.25, 0.3) is 11.1 Å². The molecule has 9 nitrogen and oxygen atoms in total. The van der Waals surface area contributed by atoms with Gasteiger partial charge in [0.15, 0.2) is 0 Å². The predicted molar refractivity (Wildman–Crippen MR) is 128 cm³/mol. The van der Waals surface area contributed by atoms with Crippen LogP contribution in [0.3, 0.4) is 0 Å². The number of pyridine rings is 1. The Morgan fingerprint density at radius 1 is 1.15 bits per heavy atom. The van der Waals surface area contributed by atoms with E-state index in [1.807, 2.05) is 26.8 Å². The van der Waals surface area contributed by atoms with Gasteiger partial charge in [0.2, 0.25) is 5.91 Å². The van der Waals surface area contributed by atoms with Crippen LogP contribution in [0, 0.1) is 19.8 Å². The molecule has 34 heavy (non-hydrogen) atoms. The van der Waals surface area contributed by atoms with Gasteiger partial charge in [-0.3, -0.25) is 14.3 Å². The summed E-state index contributed by atoms with van der Waals surface area (Å²) < 4.78 is 6.87. The molecule has 1 atom stereocenters. The van der Waals surface area contributed by atoms with Crippen LogP contribution in [0.15, 0.2) is 35.1 Å². The topological polar surface area (TPSA) is 115 Å². The average Bonchev–Trinajstić information content (AvgIpc) is 3.34.